The number of ether oxygens (including phenoxy) is 8. The maximum absolute atomic E-state index is 12.7. The van der Waals surface area contributed by atoms with Crippen molar-refractivity contribution in [3.8, 4) is 0 Å². The van der Waals surface area contributed by atoms with E-state index in [1.165, 1.54) is 6.92 Å². The Morgan fingerprint density at radius 3 is 1.65 bits per heavy atom. The molecular formula is C28H42N2O28S2. The molecule has 0 saturated carbocycles. The second-order valence-electron chi connectivity index (χ2n) is 13.7. The van der Waals surface area contributed by atoms with Crippen molar-refractivity contribution in [2.45, 2.75) is 137 Å². The van der Waals surface area contributed by atoms with Crippen LogP contribution < -0.4 is 5.32 Å². The van der Waals surface area contributed by atoms with Crippen molar-refractivity contribution in [2.75, 3.05) is 13.2 Å². The van der Waals surface area contributed by atoms with Crippen LogP contribution in [0.3, 0.4) is 0 Å². The smallest absolute Gasteiger partial charge is 0.397 e. The first-order chi connectivity index (χ1) is 27.8. The number of aliphatic imine (C=N–C) groups is 1. The van der Waals surface area contributed by atoms with Gasteiger partial charge in [0.25, 0.3) is 0 Å². The molecule has 32 heteroatoms. The average molecular weight is 919 g/mol. The molecule has 8 unspecified atom stereocenters. The maximum Gasteiger partial charge on any atom is 0.397 e. The van der Waals surface area contributed by atoms with Crippen LogP contribution in [-0.4, -0.2) is 232 Å². The van der Waals surface area contributed by atoms with Gasteiger partial charge in [0, 0.05) is 13.8 Å². The summed E-state index contributed by atoms with van der Waals surface area (Å²) in [4.78, 5) is 41.0. The molecule has 0 aromatic carbocycles. The first-order valence-corrected chi connectivity index (χ1v) is 20.0. The molecule has 60 heavy (non-hydrogen) atoms. The molecule has 5 aliphatic heterocycles. The number of carboxylic acids is 2. The van der Waals surface area contributed by atoms with E-state index in [9.17, 15) is 86.3 Å². The number of fused-ring (bicyclic) bond motifs is 1. The summed E-state index contributed by atoms with van der Waals surface area (Å²) < 4.78 is 120. The first kappa shape index (κ1) is 48.1. The van der Waals surface area contributed by atoms with Gasteiger partial charge in [0.2, 0.25) is 12.2 Å². The fourth-order valence-corrected chi connectivity index (χ4v) is 8.02. The van der Waals surface area contributed by atoms with Gasteiger partial charge < -0.3 is 89.2 Å². The molecule has 12 N–H and O–H groups in total. The fourth-order valence-electron chi connectivity index (χ4n) is 7.00. The molecule has 20 atom stereocenters. The highest BCUT2D eigenvalue weighted by atomic mass is 32.3. The van der Waals surface area contributed by atoms with Crippen molar-refractivity contribution in [3.05, 3.63) is 0 Å². The van der Waals surface area contributed by atoms with E-state index in [-0.39, 0.29) is 5.90 Å². The summed E-state index contributed by atoms with van der Waals surface area (Å²) in [6.07, 6.45) is -39.3. The lowest BCUT2D eigenvalue weighted by molar-refractivity contribution is -0.365. The minimum Gasteiger partial charge on any atom is -0.479 e. The van der Waals surface area contributed by atoms with E-state index in [4.69, 9.17) is 37.9 Å². The zero-order chi connectivity index (χ0) is 44.8. The van der Waals surface area contributed by atoms with Crippen LogP contribution in [0.15, 0.2) is 4.99 Å². The summed E-state index contributed by atoms with van der Waals surface area (Å²) in [5, 5.41) is 95.7. The number of aliphatic hydroxyl groups is 7. The second kappa shape index (κ2) is 18.8. The average Bonchev–Trinajstić information content (AvgIpc) is 3.52. The number of rotatable bonds is 15. The van der Waals surface area contributed by atoms with Crippen molar-refractivity contribution in [1.82, 2.24) is 5.32 Å². The lowest BCUT2D eigenvalue weighted by atomic mass is 9.94. The normalized spacial score (nSPS) is 43.6. The molecule has 344 valence electrons. The Balaban J connectivity index is 1.48. The van der Waals surface area contributed by atoms with Crippen LogP contribution in [0, 0.1) is 0 Å². The minimum absolute atomic E-state index is 0.0567. The molecule has 4 fully saturated rings. The minimum atomic E-state index is -5.57. The van der Waals surface area contributed by atoms with Crippen LogP contribution in [0.4, 0.5) is 0 Å². The predicted octanol–water partition coefficient (Wildman–Crippen LogP) is -8.30. The van der Waals surface area contributed by atoms with Gasteiger partial charge in [0.15, 0.2) is 37.0 Å². The lowest BCUT2D eigenvalue weighted by Crippen LogP contribution is -2.70. The molecule has 0 aromatic heterocycles. The number of aliphatic hydroxyl groups excluding tert-OH is 7. The molecule has 30 nitrogen and oxygen atoms in total. The molecule has 0 spiro atoms. The summed E-state index contributed by atoms with van der Waals surface area (Å²) in [5.41, 5.74) is 0. The van der Waals surface area contributed by atoms with Crippen molar-refractivity contribution in [3.63, 3.8) is 0 Å². The SMILES string of the molecule is CC(=O)NC1[C@H](O[C@@H]2C(C(=O)O)O[C@@H](O[C@@H]3C4N=C(C)O[C@H]4OC(CO)[C@@H]3OS(=O)(=O)O)C(O)[C@H]2O)OC(CO)[C@H](OS(=O)(=O)O)[C@@H]1O[C@@H]1OC(C(=O)O)[C@@H](O)[C@H](O)C1O. The number of nitrogens with one attached hydrogen (secondary N) is 1. The van der Waals surface area contributed by atoms with Gasteiger partial charge in [-0.3, -0.25) is 13.9 Å². The van der Waals surface area contributed by atoms with Crippen molar-refractivity contribution >= 4 is 44.5 Å². The molecule has 5 rings (SSSR count). The topological polar surface area (TPSA) is 459 Å². The Hall–Kier alpha value is -2.94. The van der Waals surface area contributed by atoms with Crippen molar-refractivity contribution < 1.29 is 133 Å². The van der Waals surface area contributed by atoms with Crippen molar-refractivity contribution in [1.29, 1.82) is 0 Å². The Bertz CT molecular complexity index is 1820. The highest BCUT2D eigenvalue weighted by molar-refractivity contribution is 7.81. The van der Waals surface area contributed by atoms with E-state index in [0.717, 1.165) is 6.92 Å². The molecule has 0 radical (unpaired) electrons. The summed E-state index contributed by atoms with van der Waals surface area (Å²) in [7, 11) is -10.9. The van der Waals surface area contributed by atoms with Gasteiger partial charge in [-0.05, 0) is 0 Å². The van der Waals surface area contributed by atoms with Gasteiger partial charge in [-0.2, -0.15) is 16.8 Å². The Labute approximate surface area is 336 Å². The fraction of sp³-hybridized carbons (Fsp3) is 0.857. The number of carbonyl (C=O) groups excluding carboxylic acids is 1. The number of hydrogen-bond donors (Lipinski definition) is 12. The first-order valence-electron chi connectivity index (χ1n) is 17.3. The van der Waals surface area contributed by atoms with Gasteiger partial charge in [-0.15, -0.1) is 0 Å². The third-order valence-corrected chi connectivity index (χ3v) is 10.5. The van der Waals surface area contributed by atoms with E-state index in [0.29, 0.717) is 0 Å². The van der Waals surface area contributed by atoms with Crippen LogP contribution in [-0.2, 0) is 81.4 Å². The van der Waals surface area contributed by atoms with Gasteiger partial charge >= 0.3 is 32.7 Å². The molecule has 5 heterocycles. The number of carboxylic acid groups (broad SMARTS) is 2. The van der Waals surface area contributed by atoms with Crippen LogP contribution in [0.5, 0.6) is 0 Å². The van der Waals surface area contributed by atoms with E-state index in [2.05, 4.69) is 18.7 Å². The van der Waals surface area contributed by atoms with Gasteiger partial charge in [-0.25, -0.2) is 22.9 Å². The molecule has 0 aliphatic carbocycles. The van der Waals surface area contributed by atoms with Crippen LogP contribution >= 0.6 is 0 Å². The number of carbonyl (C=O) groups is 3. The van der Waals surface area contributed by atoms with Gasteiger partial charge in [-0.1, -0.05) is 0 Å². The number of amides is 1. The molecule has 0 aromatic rings. The third-order valence-electron chi connectivity index (χ3n) is 9.55. The number of hydrogen-bond acceptors (Lipinski definition) is 25. The second-order valence-corrected chi connectivity index (χ2v) is 15.8. The number of aliphatic carboxylic acids is 2. The summed E-state index contributed by atoms with van der Waals surface area (Å²) in [6.45, 7) is -0.0875. The van der Waals surface area contributed by atoms with Crippen LogP contribution in [0.1, 0.15) is 13.8 Å². The van der Waals surface area contributed by atoms with E-state index >= 15 is 0 Å². The predicted molar refractivity (Wildman–Crippen MR) is 177 cm³/mol. The summed E-state index contributed by atoms with van der Waals surface area (Å²) in [5.74, 6) is -4.97. The highest BCUT2D eigenvalue weighted by Gasteiger charge is 2.59. The molecule has 4 saturated heterocycles. The van der Waals surface area contributed by atoms with Crippen LogP contribution in [0.2, 0.25) is 0 Å². The zero-order valence-electron chi connectivity index (χ0n) is 30.6. The highest BCUT2D eigenvalue weighted by Crippen LogP contribution is 2.38. The Morgan fingerprint density at radius 2 is 1.13 bits per heavy atom. The molecular weight excluding hydrogens is 876 g/mol. The summed E-state index contributed by atoms with van der Waals surface area (Å²) in [6, 6.07) is -3.49. The summed E-state index contributed by atoms with van der Waals surface area (Å²) >= 11 is 0. The lowest BCUT2D eigenvalue weighted by Gasteiger charge is -2.50. The van der Waals surface area contributed by atoms with Crippen molar-refractivity contribution in [2.24, 2.45) is 4.99 Å². The van der Waals surface area contributed by atoms with E-state index < -0.39 is 175 Å². The Kier molecular flexibility index (Phi) is 15.1. The van der Waals surface area contributed by atoms with Crippen LogP contribution in [0.25, 0.3) is 0 Å². The van der Waals surface area contributed by atoms with E-state index in [1.54, 1.807) is 0 Å². The molecule has 5 aliphatic rings. The zero-order valence-corrected chi connectivity index (χ0v) is 32.2. The standard InChI is InChI=1S/C28H42N2O28S2/c1-5(33)29-9-18(52-27-14(37)11(34)12(35)21(55-27)23(39)40)16(57-59(43,44)45)8(4-32)51-26(9)54-20-13(36)15(38)28(56-22(20)24(41)42)53-19-10-25(49-6(2)30-10)50-7(3-31)17(19)58-60(46,47)48/h7-22,25-28,31-32,34-38H,3-4H2,1-2H3,(H,29,33)(H,39,40)(H,41,42)(H,43,44,45)(H,46,47,48)/t7?,8?,9?,10?,11-,12-,13+,14?,15?,16-,17-,18+,19+,20-,21?,22?,25-,26-,27+,28+/m0/s1. The maximum atomic E-state index is 12.7. The van der Waals surface area contributed by atoms with Gasteiger partial charge in [0.05, 0.1) is 13.2 Å². The number of nitrogens with zero attached hydrogens (tertiary/aromatic N) is 1. The molecule has 1 amide bonds. The largest absolute Gasteiger partial charge is 0.479 e. The Morgan fingerprint density at radius 1 is 0.650 bits per heavy atom. The monoisotopic (exact) mass is 918 g/mol. The van der Waals surface area contributed by atoms with E-state index in [1.807, 2.05) is 0 Å². The van der Waals surface area contributed by atoms with Gasteiger partial charge in [0.1, 0.15) is 85.3 Å². The third kappa shape index (κ3) is 10.6. The molecule has 0 bridgehead atoms. The quantitative estimate of drug-likeness (QED) is 0.0679.